The highest BCUT2D eigenvalue weighted by atomic mass is 16.2. The first-order valence-electron chi connectivity index (χ1n) is 7.22. The fourth-order valence-corrected chi connectivity index (χ4v) is 2.88. The molecule has 3 heteroatoms. The smallest absolute Gasteiger partial charge is 0.240 e. The molecule has 0 aromatic heterocycles. The molecule has 1 unspecified atom stereocenters. The zero-order valence-electron chi connectivity index (χ0n) is 11.1. The van der Waals surface area contributed by atoms with Crippen LogP contribution >= 0.6 is 0 Å². The van der Waals surface area contributed by atoms with Crippen LogP contribution in [0, 0.1) is 18.3 Å². The van der Waals surface area contributed by atoms with Crippen LogP contribution in [0.5, 0.6) is 0 Å². The van der Waals surface area contributed by atoms with Crippen molar-refractivity contribution in [3.05, 3.63) is 0 Å². The molecule has 0 aromatic rings. The number of nitrogens with zero attached hydrogens (tertiary/aromatic N) is 1. The van der Waals surface area contributed by atoms with Gasteiger partial charge in [-0.05, 0) is 31.6 Å². The summed E-state index contributed by atoms with van der Waals surface area (Å²) in [4.78, 5) is 14.3. The minimum atomic E-state index is -0.501. The number of hydrogen-bond acceptors (Lipinski definition) is 2. The van der Waals surface area contributed by atoms with E-state index in [1.807, 2.05) is 4.90 Å². The molecule has 1 amide bonds. The molecule has 2 rings (SSSR count). The van der Waals surface area contributed by atoms with E-state index in [0.717, 1.165) is 19.4 Å². The van der Waals surface area contributed by atoms with Gasteiger partial charge in [-0.25, -0.2) is 0 Å². The topological polar surface area (TPSA) is 46.3 Å². The van der Waals surface area contributed by atoms with E-state index in [0.29, 0.717) is 18.4 Å². The molecule has 0 aromatic carbocycles. The molecule has 2 fully saturated rings. The maximum atomic E-state index is 12.3. The van der Waals surface area contributed by atoms with E-state index in [1.54, 1.807) is 0 Å². The summed E-state index contributed by atoms with van der Waals surface area (Å²) in [6, 6.07) is -0.0533. The Balaban J connectivity index is 1.90. The first-order chi connectivity index (χ1) is 8.72. The van der Waals surface area contributed by atoms with Crippen LogP contribution in [-0.2, 0) is 4.79 Å². The molecular weight excluding hydrogens is 224 g/mol. The lowest BCUT2D eigenvalue weighted by Crippen LogP contribution is -2.46. The number of rotatable bonds is 5. The SMILES string of the molecule is C#CCC(N)C(=O)N(CC1CCCCC1)C1CC1. The van der Waals surface area contributed by atoms with Crippen molar-refractivity contribution in [2.24, 2.45) is 11.7 Å². The lowest BCUT2D eigenvalue weighted by atomic mass is 9.88. The van der Waals surface area contributed by atoms with Crippen LogP contribution in [0.3, 0.4) is 0 Å². The zero-order valence-corrected chi connectivity index (χ0v) is 11.1. The number of carbonyl (C=O) groups excluding carboxylic acids is 1. The third-order valence-corrected chi connectivity index (χ3v) is 4.11. The van der Waals surface area contributed by atoms with Gasteiger partial charge in [0.15, 0.2) is 0 Å². The van der Waals surface area contributed by atoms with Crippen molar-refractivity contribution in [3.8, 4) is 12.3 Å². The quantitative estimate of drug-likeness (QED) is 0.755. The summed E-state index contributed by atoms with van der Waals surface area (Å²) >= 11 is 0. The predicted octanol–water partition coefficient (Wildman–Crippen LogP) is 1.91. The Bertz CT molecular complexity index is 324. The number of nitrogens with two attached hydrogens (primary N) is 1. The Hall–Kier alpha value is -1.01. The van der Waals surface area contributed by atoms with Crippen LogP contribution in [0.1, 0.15) is 51.4 Å². The van der Waals surface area contributed by atoms with E-state index in [2.05, 4.69) is 5.92 Å². The molecule has 0 bridgehead atoms. The maximum absolute atomic E-state index is 12.3. The van der Waals surface area contributed by atoms with Gasteiger partial charge in [-0.2, -0.15) is 0 Å². The summed E-state index contributed by atoms with van der Waals surface area (Å²) < 4.78 is 0. The Morgan fingerprint density at radius 3 is 2.50 bits per heavy atom. The Labute approximate surface area is 110 Å². The van der Waals surface area contributed by atoms with Crippen molar-refractivity contribution in [2.45, 2.75) is 63.5 Å². The maximum Gasteiger partial charge on any atom is 0.240 e. The fourth-order valence-electron chi connectivity index (χ4n) is 2.88. The van der Waals surface area contributed by atoms with Crippen molar-refractivity contribution < 1.29 is 4.79 Å². The summed E-state index contributed by atoms with van der Waals surface area (Å²) in [5, 5.41) is 0. The normalized spacial score (nSPS) is 22.2. The summed E-state index contributed by atoms with van der Waals surface area (Å²) in [6.45, 7) is 0.905. The average molecular weight is 248 g/mol. The molecule has 100 valence electrons. The molecule has 2 aliphatic rings. The third-order valence-electron chi connectivity index (χ3n) is 4.11. The van der Waals surface area contributed by atoms with Crippen LogP contribution in [0.4, 0.5) is 0 Å². The molecule has 0 spiro atoms. The van der Waals surface area contributed by atoms with Crippen LogP contribution in [0.15, 0.2) is 0 Å². The third kappa shape index (κ3) is 3.49. The summed E-state index contributed by atoms with van der Waals surface area (Å²) in [7, 11) is 0. The lowest BCUT2D eigenvalue weighted by Gasteiger charge is -2.31. The van der Waals surface area contributed by atoms with Gasteiger partial charge in [-0.1, -0.05) is 19.3 Å². The second-order valence-corrected chi connectivity index (χ2v) is 5.74. The van der Waals surface area contributed by atoms with Crippen molar-refractivity contribution in [2.75, 3.05) is 6.54 Å². The Kier molecular flexibility index (Phi) is 4.66. The number of terminal acetylenes is 1. The van der Waals surface area contributed by atoms with Gasteiger partial charge in [-0.3, -0.25) is 4.79 Å². The van der Waals surface area contributed by atoms with Gasteiger partial charge >= 0.3 is 0 Å². The van der Waals surface area contributed by atoms with Gasteiger partial charge in [0, 0.05) is 19.0 Å². The fraction of sp³-hybridized carbons (Fsp3) is 0.800. The Morgan fingerprint density at radius 2 is 1.94 bits per heavy atom. The summed E-state index contributed by atoms with van der Waals surface area (Å²) in [5.41, 5.74) is 5.87. The second-order valence-electron chi connectivity index (χ2n) is 5.74. The van der Waals surface area contributed by atoms with E-state index in [-0.39, 0.29) is 5.91 Å². The van der Waals surface area contributed by atoms with Gasteiger partial charge in [0.1, 0.15) is 0 Å². The van der Waals surface area contributed by atoms with Crippen LogP contribution in [0.25, 0.3) is 0 Å². The molecule has 3 nitrogen and oxygen atoms in total. The minimum Gasteiger partial charge on any atom is -0.338 e. The molecule has 2 saturated carbocycles. The highest BCUT2D eigenvalue weighted by Gasteiger charge is 2.35. The first kappa shape index (κ1) is 13.4. The lowest BCUT2D eigenvalue weighted by molar-refractivity contribution is -0.133. The van der Waals surface area contributed by atoms with Crippen molar-refractivity contribution in [1.82, 2.24) is 4.90 Å². The molecule has 1 atom stereocenters. The molecule has 18 heavy (non-hydrogen) atoms. The van der Waals surface area contributed by atoms with E-state index in [1.165, 1.54) is 32.1 Å². The molecule has 2 N–H and O–H groups in total. The van der Waals surface area contributed by atoms with Gasteiger partial charge < -0.3 is 10.6 Å². The van der Waals surface area contributed by atoms with E-state index >= 15 is 0 Å². The number of amides is 1. The number of carbonyl (C=O) groups is 1. The van der Waals surface area contributed by atoms with Gasteiger partial charge in [-0.15, -0.1) is 12.3 Å². The summed E-state index contributed by atoms with van der Waals surface area (Å²) in [6.07, 6.45) is 14.4. The van der Waals surface area contributed by atoms with Crippen molar-refractivity contribution >= 4 is 5.91 Å². The van der Waals surface area contributed by atoms with Gasteiger partial charge in [0.05, 0.1) is 6.04 Å². The van der Waals surface area contributed by atoms with Crippen LogP contribution in [0.2, 0.25) is 0 Å². The molecule has 0 saturated heterocycles. The van der Waals surface area contributed by atoms with Gasteiger partial charge in [0.25, 0.3) is 0 Å². The Morgan fingerprint density at radius 1 is 1.28 bits per heavy atom. The van der Waals surface area contributed by atoms with Crippen LogP contribution < -0.4 is 5.73 Å². The average Bonchev–Trinajstić information content (AvgIpc) is 3.21. The number of hydrogen-bond donors (Lipinski definition) is 1. The van der Waals surface area contributed by atoms with E-state index in [4.69, 9.17) is 12.2 Å². The van der Waals surface area contributed by atoms with Crippen molar-refractivity contribution in [1.29, 1.82) is 0 Å². The monoisotopic (exact) mass is 248 g/mol. The molecule has 0 radical (unpaired) electrons. The minimum absolute atomic E-state index is 0.0704. The first-order valence-corrected chi connectivity index (χ1v) is 7.22. The highest BCUT2D eigenvalue weighted by molar-refractivity contribution is 5.82. The molecule has 0 heterocycles. The highest BCUT2D eigenvalue weighted by Crippen LogP contribution is 2.31. The second kappa shape index (κ2) is 6.24. The summed E-state index contributed by atoms with van der Waals surface area (Å²) in [5.74, 6) is 3.25. The zero-order chi connectivity index (χ0) is 13.0. The molecule has 0 aliphatic heterocycles. The van der Waals surface area contributed by atoms with Gasteiger partial charge in [0.2, 0.25) is 5.91 Å². The van der Waals surface area contributed by atoms with Crippen LogP contribution in [-0.4, -0.2) is 29.4 Å². The largest absolute Gasteiger partial charge is 0.338 e. The van der Waals surface area contributed by atoms with Crippen molar-refractivity contribution in [3.63, 3.8) is 0 Å². The van der Waals surface area contributed by atoms with E-state index < -0.39 is 6.04 Å². The molecular formula is C15H24N2O. The standard InChI is InChI=1S/C15H24N2O/c1-2-6-14(16)15(18)17(13-9-10-13)11-12-7-4-3-5-8-12/h1,12-14H,3-11,16H2. The predicted molar refractivity (Wildman–Crippen MR) is 72.7 cm³/mol. The molecule has 2 aliphatic carbocycles. The van der Waals surface area contributed by atoms with E-state index in [9.17, 15) is 4.79 Å².